The monoisotopic (exact) mass is 210 g/mol. The van der Waals surface area contributed by atoms with E-state index in [-0.39, 0.29) is 12.0 Å². The summed E-state index contributed by atoms with van der Waals surface area (Å²) in [6, 6.07) is 0. The van der Waals surface area contributed by atoms with Gasteiger partial charge in [0.15, 0.2) is 0 Å². The van der Waals surface area contributed by atoms with Gasteiger partial charge in [-0.2, -0.15) is 0 Å². The second-order valence-electron chi connectivity index (χ2n) is 4.38. The predicted molar refractivity (Wildman–Crippen MR) is 57.4 cm³/mol. The molecule has 1 atom stereocenters. The molecule has 0 bridgehead atoms. The highest BCUT2D eigenvalue weighted by Gasteiger charge is 2.25. The SMILES string of the molecule is CC(C(=O)N1CCCC(O)C1)=C1CNC1. The Kier molecular flexibility index (Phi) is 3.07. The number of rotatable bonds is 1. The normalized spacial score (nSPS) is 26.1. The Labute approximate surface area is 90.0 Å². The number of piperidine rings is 1. The second-order valence-corrected chi connectivity index (χ2v) is 4.38. The number of carbonyl (C=O) groups is 1. The molecule has 2 saturated heterocycles. The Bertz CT molecular complexity index is 293. The molecule has 2 rings (SSSR count). The molecule has 84 valence electrons. The first-order chi connectivity index (χ1) is 7.18. The standard InChI is InChI=1S/C11H18N2O2/c1-8(9-5-12-6-9)11(15)13-4-2-3-10(14)7-13/h10,12,14H,2-7H2,1H3. The van der Waals surface area contributed by atoms with E-state index in [0.29, 0.717) is 6.54 Å². The molecule has 2 heterocycles. The fourth-order valence-corrected chi connectivity index (χ4v) is 2.04. The maximum atomic E-state index is 12.0. The highest BCUT2D eigenvalue weighted by atomic mass is 16.3. The molecule has 2 N–H and O–H groups in total. The van der Waals surface area contributed by atoms with Gasteiger partial charge in [-0.1, -0.05) is 0 Å². The van der Waals surface area contributed by atoms with Gasteiger partial charge in [0, 0.05) is 31.8 Å². The second kappa shape index (κ2) is 4.33. The summed E-state index contributed by atoms with van der Waals surface area (Å²) >= 11 is 0. The van der Waals surface area contributed by atoms with Gasteiger partial charge in [-0.3, -0.25) is 4.79 Å². The molecular formula is C11H18N2O2. The molecule has 4 nitrogen and oxygen atoms in total. The fraction of sp³-hybridized carbons (Fsp3) is 0.727. The van der Waals surface area contributed by atoms with Crippen LogP contribution in [0.15, 0.2) is 11.1 Å². The highest BCUT2D eigenvalue weighted by molar-refractivity contribution is 5.94. The van der Waals surface area contributed by atoms with Gasteiger partial charge in [-0.15, -0.1) is 0 Å². The van der Waals surface area contributed by atoms with Gasteiger partial charge < -0.3 is 15.3 Å². The Morgan fingerprint density at radius 1 is 1.53 bits per heavy atom. The summed E-state index contributed by atoms with van der Waals surface area (Å²) in [5, 5.41) is 12.6. The lowest BCUT2D eigenvalue weighted by atomic mass is 10.0. The van der Waals surface area contributed by atoms with Crippen LogP contribution >= 0.6 is 0 Å². The van der Waals surface area contributed by atoms with Crippen molar-refractivity contribution in [3.63, 3.8) is 0 Å². The van der Waals surface area contributed by atoms with Crippen molar-refractivity contribution in [3.8, 4) is 0 Å². The molecule has 2 fully saturated rings. The summed E-state index contributed by atoms with van der Waals surface area (Å²) in [6.07, 6.45) is 1.40. The van der Waals surface area contributed by atoms with E-state index in [0.717, 1.165) is 38.0 Å². The molecule has 0 aliphatic carbocycles. The van der Waals surface area contributed by atoms with Crippen LogP contribution in [0.4, 0.5) is 0 Å². The van der Waals surface area contributed by atoms with Crippen LogP contribution in [0.25, 0.3) is 0 Å². The number of hydrogen-bond donors (Lipinski definition) is 2. The van der Waals surface area contributed by atoms with Gasteiger partial charge in [0.05, 0.1) is 6.10 Å². The summed E-state index contributed by atoms with van der Waals surface area (Å²) in [5.41, 5.74) is 2.07. The van der Waals surface area contributed by atoms with Crippen molar-refractivity contribution in [1.82, 2.24) is 10.2 Å². The summed E-state index contributed by atoms with van der Waals surface area (Å²) in [4.78, 5) is 13.8. The fourth-order valence-electron chi connectivity index (χ4n) is 2.04. The third-order valence-electron chi connectivity index (χ3n) is 3.21. The van der Waals surface area contributed by atoms with E-state index in [1.165, 1.54) is 5.57 Å². The van der Waals surface area contributed by atoms with Crippen molar-refractivity contribution in [1.29, 1.82) is 0 Å². The Hall–Kier alpha value is -0.870. The number of β-amino-alcohol motifs (C(OH)–C–C–N with tert-alkyl or cyclic N) is 1. The zero-order valence-corrected chi connectivity index (χ0v) is 9.12. The van der Waals surface area contributed by atoms with E-state index in [1.807, 2.05) is 6.92 Å². The van der Waals surface area contributed by atoms with Crippen LogP contribution in [-0.2, 0) is 4.79 Å². The van der Waals surface area contributed by atoms with E-state index in [4.69, 9.17) is 0 Å². The molecule has 15 heavy (non-hydrogen) atoms. The first kappa shape index (κ1) is 10.6. The molecule has 2 aliphatic rings. The third kappa shape index (κ3) is 2.21. The average molecular weight is 210 g/mol. The van der Waals surface area contributed by atoms with E-state index in [9.17, 15) is 9.90 Å². The molecule has 0 aromatic rings. The highest BCUT2D eigenvalue weighted by Crippen LogP contribution is 2.16. The lowest BCUT2D eigenvalue weighted by molar-refractivity contribution is -0.130. The number of nitrogens with zero attached hydrogens (tertiary/aromatic N) is 1. The van der Waals surface area contributed by atoms with Gasteiger partial charge in [-0.05, 0) is 25.3 Å². The van der Waals surface area contributed by atoms with Crippen molar-refractivity contribution < 1.29 is 9.90 Å². The molecular weight excluding hydrogens is 192 g/mol. The zero-order chi connectivity index (χ0) is 10.8. The van der Waals surface area contributed by atoms with Crippen molar-refractivity contribution >= 4 is 5.91 Å². The number of hydrogen-bond acceptors (Lipinski definition) is 3. The van der Waals surface area contributed by atoms with Crippen molar-refractivity contribution in [3.05, 3.63) is 11.1 Å². The molecule has 1 amide bonds. The first-order valence-corrected chi connectivity index (χ1v) is 5.55. The number of carbonyl (C=O) groups excluding carboxylic acids is 1. The number of aliphatic hydroxyl groups is 1. The smallest absolute Gasteiger partial charge is 0.249 e. The maximum Gasteiger partial charge on any atom is 0.249 e. The lowest BCUT2D eigenvalue weighted by Gasteiger charge is -2.32. The maximum absolute atomic E-state index is 12.0. The van der Waals surface area contributed by atoms with Crippen LogP contribution in [0.3, 0.4) is 0 Å². The first-order valence-electron chi connectivity index (χ1n) is 5.55. The summed E-state index contributed by atoms with van der Waals surface area (Å²) in [6.45, 7) is 4.85. The largest absolute Gasteiger partial charge is 0.391 e. The number of nitrogens with one attached hydrogen (secondary N) is 1. The molecule has 0 radical (unpaired) electrons. The molecule has 0 aromatic carbocycles. The summed E-state index contributed by atoms with van der Waals surface area (Å²) in [7, 11) is 0. The van der Waals surface area contributed by atoms with Gasteiger partial charge >= 0.3 is 0 Å². The van der Waals surface area contributed by atoms with E-state index >= 15 is 0 Å². The van der Waals surface area contributed by atoms with Crippen molar-refractivity contribution in [2.75, 3.05) is 26.2 Å². The molecule has 2 aliphatic heterocycles. The van der Waals surface area contributed by atoms with Crippen LogP contribution in [0.2, 0.25) is 0 Å². The molecule has 4 heteroatoms. The lowest BCUT2D eigenvalue weighted by Crippen LogP contribution is -2.44. The van der Waals surface area contributed by atoms with E-state index in [1.54, 1.807) is 4.90 Å². The number of likely N-dealkylation sites (tertiary alicyclic amines) is 1. The molecule has 0 saturated carbocycles. The van der Waals surface area contributed by atoms with Crippen molar-refractivity contribution in [2.24, 2.45) is 0 Å². The van der Waals surface area contributed by atoms with Crippen LogP contribution in [0.1, 0.15) is 19.8 Å². The topological polar surface area (TPSA) is 52.6 Å². The minimum absolute atomic E-state index is 0.102. The Balaban J connectivity index is 2.00. The summed E-state index contributed by atoms with van der Waals surface area (Å²) < 4.78 is 0. The molecule has 0 aromatic heterocycles. The van der Waals surface area contributed by atoms with Crippen LogP contribution in [0.5, 0.6) is 0 Å². The minimum atomic E-state index is -0.333. The number of amides is 1. The zero-order valence-electron chi connectivity index (χ0n) is 9.12. The van der Waals surface area contributed by atoms with E-state index in [2.05, 4.69) is 5.32 Å². The van der Waals surface area contributed by atoms with Gasteiger partial charge in [0.1, 0.15) is 0 Å². The van der Waals surface area contributed by atoms with Gasteiger partial charge in [0.2, 0.25) is 5.91 Å². The van der Waals surface area contributed by atoms with E-state index < -0.39 is 0 Å². The minimum Gasteiger partial charge on any atom is -0.391 e. The quantitative estimate of drug-likeness (QED) is 0.594. The Morgan fingerprint density at radius 3 is 2.80 bits per heavy atom. The van der Waals surface area contributed by atoms with Crippen molar-refractivity contribution in [2.45, 2.75) is 25.9 Å². The van der Waals surface area contributed by atoms with Crippen LogP contribution in [0, 0.1) is 0 Å². The Morgan fingerprint density at radius 2 is 2.27 bits per heavy atom. The number of aliphatic hydroxyl groups excluding tert-OH is 1. The average Bonchev–Trinajstić information content (AvgIpc) is 2.14. The molecule has 0 spiro atoms. The van der Waals surface area contributed by atoms with Crippen LogP contribution in [-0.4, -0.2) is 48.2 Å². The predicted octanol–water partition coefficient (Wildman–Crippen LogP) is -0.111. The molecule has 1 unspecified atom stereocenters. The van der Waals surface area contributed by atoms with Crippen LogP contribution < -0.4 is 5.32 Å². The summed E-state index contributed by atoms with van der Waals surface area (Å²) in [5.74, 6) is 0.102. The third-order valence-corrected chi connectivity index (χ3v) is 3.21. The van der Waals surface area contributed by atoms with Gasteiger partial charge in [0.25, 0.3) is 0 Å². The van der Waals surface area contributed by atoms with Gasteiger partial charge in [-0.25, -0.2) is 0 Å².